The fourth-order valence-corrected chi connectivity index (χ4v) is 5.13. The fraction of sp³-hybridized carbons (Fsp3) is 0.0667. The first-order chi connectivity index (χ1) is 17.7. The van der Waals surface area contributed by atoms with Crippen LogP contribution in [0.15, 0.2) is 113 Å². The lowest BCUT2D eigenvalue weighted by atomic mass is 10.0. The topological polar surface area (TPSA) is 53.1 Å². The van der Waals surface area contributed by atoms with Gasteiger partial charge in [0.15, 0.2) is 0 Å². The minimum absolute atomic E-state index is 0.502. The second kappa shape index (κ2) is 9.68. The van der Waals surface area contributed by atoms with Gasteiger partial charge in [-0.05, 0) is 54.4 Å². The first kappa shape index (κ1) is 22.1. The summed E-state index contributed by atoms with van der Waals surface area (Å²) < 4.78 is 13.8. The third-order valence-electron chi connectivity index (χ3n) is 5.94. The molecule has 0 atom stereocenters. The molecule has 3 aromatic carbocycles. The van der Waals surface area contributed by atoms with E-state index in [0.29, 0.717) is 18.3 Å². The normalized spacial score (nSPS) is 11.0. The van der Waals surface area contributed by atoms with Crippen LogP contribution in [0.5, 0.6) is 5.75 Å². The van der Waals surface area contributed by atoms with Crippen molar-refractivity contribution in [2.75, 3.05) is 0 Å². The van der Waals surface area contributed by atoms with Gasteiger partial charge in [0.05, 0.1) is 5.69 Å². The van der Waals surface area contributed by atoms with Gasteiger partial charge in [-0.1, -0.05) is 65.3 Å². The number of nitrogens with zero attached hydrogens (tertiary/aromatic N) is 3. The van der Waals surface area contributed by atoms with Crippen LogP contribution in [0, 0.1) is 6.92 Å². The van der Waals surface area contributed by atoms with Crippen molar-refractivity contribution >= 4 is 11.3 Å². The summed E-state index contributed by atoms with van der Waals surface area (Å²) in [6, 6.07) is 30.4. The summed E-state index contributed by atoms with van der Waals surface area (Å²) >= 11 is 1.61. The second-order valence-electron chi connectivity index (χ2n) is 8.51. The van der Waals surface area contributed by atoms with E-state index in [0.717, 1.165) is 38.6 Å². The highest BCUT2D eigenvalue weighted by Gasteiger charge is 2.21. The highest BCUT2D eigenvalue weighted by Crippen LogP contribution is 2.41. The smallest absolute Gasteiger partial charge is 0.270 e. The minimum Gasteiger partial charge on any atom is -0.489 e. The molecule has 0 saturated heterocycles. The molecule has 36 heavy (non-hydrogen) atoms. The van der Waals surface area contributed by atoms with Crippen LogP contribution in [0.2, 0.25) is 0 Å². The zero-order chi connectivity index (χ0) is 24.3. The van der Waals surface area contributed by atoms with Crippen LogP contribution >= 0.6 is 11.3 Å². The average molecular weight is 490 g/mol. The molecular formula is C30H23N3O2S. The van der Waals surface area contributed by atoms with Crippen LogP contribution in [0.4, 0.5) is 0 Å². The Labute approximate surface area is 213 Å². The molecule has 0 unspecified atom stereocenters. The van der Waals surface area contributed by atoms with Gasteiger partial charge >= 0.3 is 0 Å². The van der Waals surface area contributed by atoms with Gasteiger partial charge in [-0.3, -0.25) is 0 Å². The van der Waals surface area contributed by atoms with Crippen LogP contribution in [0.25, 0.3) is 39.0 Å². The molecule has 0 aliphatic rings. The zero-order valence-electron chi connectivity index (χ0n) is 19.7. The molecule has 0 aliphatic carbocycles. The average Bonchev–Trinajstić information content (AvgIpc) is 3.69. The lowest BCUT2D eigenvalue weighted by Crippen LogP contribution is -1.94. The third kappa shape index (κ3) is 4.46. The molecule has 3 aromatic heterocycles. The van der Waals surface area contributed by atoms with E-state index >= 15 is 0 Å². The van der Waals surface area contributed by atoms with E-state index in [-0.39, 0.29) is 0 Å². The van der Waals surface area contributed by atoms with Crippen molar-refractivity contribution in [3.8, 4) is 44.7 Å². The molecular weight excluding hydrogens is 466 g/mol. The number of hydrogen-bond acceptors (Lipinski definition) is 5. The SMILES string of the molecule is Cc1cccc(-c2csc(-c3nc(-c4ccc(OCc5ccccc5)cc4)no3)c2-n2cccc2)c1. The van der Waals surface area contributed by atoms with Gasteiger partial charge in [0.2, 0.25) is 5.82 Å². The lowest BCUT2D eigenvalue weighted by molar-refractivity contribution is 0.306. The number of hydrogen-bond donors (Lipinski definition) is 0. The minimum atomic E-state index is 0.502. The predicted octanol–water partition coefficient (Wildman–Crippen LogP) is 7.81. The first-order valence-corrected chi connectivity index (χ1v) is 12.6. The molecule has 5 nitrogen and oxygen atoms in total. The van der Waals surface area contributed by atoms with Gasteiger partial charge < -0.3 is 13.8 Å². The molecule has 0 bridgehead atoms. The summed E-state index contributed by atoms with van der Waals surface area (Å²) in [6.07, 6.45) is 4.08. The van der Waals surface area contributed by atoms with Crippen LogP contribution in [0.3, 0.4) is 0 Å². The van der Waals surface area contributed by atoms with Crippen molar-refractivity contribution in [3.05, 3.63) is 120 Å². The Balaban J connectivity index is 1.28. The largest absolute Gasteiger partial charge is 0.489 e. The van der Waals surface area contributed by atoms with E-state index in [1.54, 1.807) is 11.3 Å². The Kier molecular flexibility index (Phi) is 5.93. The molecule has 0 N–H and O–H groups in total. The molecule has 6 heteroatoms. The van der Waals surface area contributed by atoms with Gasteiger partial charge in [0.25, 0.3) is 5.89 Å². The molecule has 176 valence electrons. The van der Waals surface area contributed by atoms with E-state index in [4.69, 9.17) is 14.2 Å². The van der Waals surface area contributed by atoms with Gasteiger partial charge in [-0.25, -0.2) is 0 Å². The number of aryl methyl sites for hydroxylation is 1. The number of thiophene rings is 1. The summed E-state index contributed by atoms with van der Waals surface area (Å²) in [5.74, 6) is 1.84. The van der Waals surface area contributed by atoms with Crippen molar-refractivity contribution in [2.24, 2.45) is 0 Å². The first-order valence-electron chi connectivity index (χ1n) is 11.7. The van der Waals surface area contributed by atoms with Crippen molar-refractivity contribution in [2.45, 2.75) is 13.5 Å². The van der Waals surface area contributed by atoms with Crippen LogP contribution in [-0.4, -0.2) is 14.7 Å². The third-order valence-corrected chi connectivity index (χ3v) is 6.89. The van der Waals surface area contributed by atoms with E-state index in [9.17, 15) is 0 Å². The van der Waals surface area contributed by atoms with E-state index < -0.39 is 0 Å². The number of benzene rings is 3. The van der Waals surface area contributed by atoms with E-state index in [2.05, 4.69) is 46.3 Å². The predicted molar refractivity (Wildman–Crippen MR) is 143 cm³/mol. The standard InChI is InChI=1S/C30H23N3O2S/c1-21-8-7-11-24(18-21)26-20-36-28(27(26)33-16-5-6-17-33)30-31-29(32-35-30)23-12-14-25(15-13-23)34-19-22-9-3-2-4-10-22/h2-18,20H,19H2,1H3. The summed E-state index contributed by atoms with van der Waals surface area (Å²) in [5, 5.41) is 6.43. The van der Waals surface area contributed by atoms with Crippen LogP contribution in [0.1, 0.15) is 11.1 Å². The molecule has 0 radical (unpaired) electrons. The maximum absolute atomic E-state index is 5.90. The summed E-state index contributed by atoms with van der Waals surface area (Å²) in [7, 11) is 0. The van der Waals surface area contributed by atoms with Crippen molar-refractivity contribution in [1.82, 2.24) is 14.7 Å². The number of ether oxygens (including phenoxy) is 1. The Morgan fingerprint density at radius 3 is 2.44 bits per heavy atom. The van der Waals surface area contributed by atoms with Crippen LogP contribution < -0.4 is 4.74 Å². The van der Waals surface area contributed by atoms with E-state index in [1.807, 2.05) is 79.1 Å². The van der Waals surface area contributed by atoms with Gasteiger partial charge in [0.1, 0.15) is 17.2 Å². The molecule has 0 aliphatic heterocycles. The monoisotopic (exact) mass is 489 g/mol. The van der Waals surface area contributed by atoms with Crippen LogP contribution in [-0.2, 0) is 6.61 Å². The fourth-order valence-electron chi connectivity index (χ4n) is 4.13. The van der Waals surface area contributed by atoms with E-state index in [1.165, 1.54) is 5.56 Å². The second-order valence-corrected chi connectivity index (χ2v) is 9.39. The zero-order valence-corrected chi connectivity index (χ0v) is 20.5. The number of aromatic nitrogens is 3. The van der Waals surface area contributed by atoms with Gasteiger partial charge in [-0.15, -0.1) is 11.3 Å². The molecule has 0 amide bonds. The van der Waals surface area contributed by atoms with Gasteiger partial charge in [-0.2, -0.15) is 4.98 Å². The molecule has 0 fully saturated rings. The Hall–Kier alpha value is -4.42. The Morgan fingerprint density at radius 2 is 1.67 bits per heavy atom. The summed E-state index contributed by atoms with van der Waals surface area (Å²) in [4.78, 5) is 5.68. The molecule has 0 spiro atoms. The number of rotatable bonds is 7. The maximum atomic E-state index is 5.90. The molecule has 0 saturated carbocycles. The van der Waals surface area contributed by atoms with Gasteiger partial charge in [0, 0.05) is 28.9 Å². The molecule has 6 rings (SSSR count). The van der Waals surface area contributed by atoms with Crippen molar-refractivity contribution in [3.63, 3.8) is 0 Å². The lowest BCUT2D eigenvalue weighted by Gasteiger charge is -2.08. The summed E-state index contributed by atoms with van der Waals surface area (Å²) in [5.41, 5.74) is 6.55. The Morgan fingerprint density at radius 1 is 0.861 bits per heavy atom. The van der Waals surface area contributed by atoms with Crippen molar-refractivity contribution < 1.29 is 9.26 Å². The molecule has 6 aromatic rings. The maximum Gasteiger partial charge on any atom is 0.270 e. The molecule has 3 heterocycles. The Bertz CT molecular complexity index is 1580. The van der Waals surface area contributed by atoms with Crippen molar-refractivity contribution in [1.29, 1.82) is 0 Å². The highest BCUT2D eigenvalue weighted by molar-refractivity contribution is 7.14. The quantitative estimate of drug-likeness (QED) is 0.229. The summed E-state index contributed by atoms with van der Waals surface area (Å²) in [6.45, 7) is 2.63. The highest BCUT2D eigenvalue weighted by atomic mass is 32.1.